The van der Waals surface area contributed by atoms with Gasteiger partial charge in [0.2, 0.25) is 0 Å². The molecule has 2 N–H and O–H groups in total. The molecular formula is C21H12ClF3N2O3. The fourth-order valence-electron chi connectivity index (χ4n) is 2.89. The number of rotatable bonds is 2. The first-order valence-corrected chi connectivity index (χ1v) is 9.00. The normalized spacial score (nSPS) is 12.7. The first-order valence-electron chi connectivity index (χ1n) is 8.62. The van der Waals surface area contributed by atoms with Crippen LogP contribution in [0.3, 0.4) is 0 Å². The highest BCUT2D eigenvalue weighted by atomic mass is 35.5. The van der Waals surface area contributed by atoms with Crippen molar-refractivity contribution in [2.45, 2.75) is 6.18 Å². The smallest absolute Gasteiger partial charge is 0.416 e. The number of nitrogens with one attached hydrogen (secondary N) is 2. The van der Waals surface area contributed by atoms with Crippen LogP contribution in [-0.2, 0) is 6.18 Å². The third-order valence-corrected chi connectivity index (χ3v) is 4.60. The van der Waals surface area contributed by atoms with Gasteiger partial charge in [-0.15, -0.1) is 0 Å². The third-order valence-electron chi connectivity index (χ3n) is 4.37. The van der Waals surface area contributed by atoms with E-state index in [9.17, 15) is 22.8 Å². The first kappa shape index (κ1) is 19.8. The van der Waals surface area contributed by atoms with E-state index in [-0.39, 0.29) is 22.6 Å². The Bertz CT molecular complexity index is 1160. The molecule has 152 valence electrons. The van der Waals surface area contributed by atoms with Gasteiger partial charge in [-0.05, 0) is 60.7 Å². The van der Waals surface area contributed by atoms with Crippen molar-refractivity contribution in [1.82, 2.24) is 0 Å². The molecule has 0 aliphatic carbocycles. The summed E-state index contributed by atoms with van der Waals surface area (Å²) in [6.45, 7) is 0. The van der Waals surface area contributed by atoms with Gasteiger partial charge in [0.05, 0.1) is 16.8 Å². The zero-order valence-corrected chi connectivity index (χ0v) is 15.8. The maximum atomic E-state index is 12.7. The van der Waals surface area contributed by atoms with E-state index in [0.717, 1.165) is 24.3 Å². The molecule has 0 fully saturated rings. The van der Waals surface area contributed by atoms with Gasteiger partial charge in [-0.25, -0.2) is 0 Å². The van der Waals surface area contributed by atoms with Gasteiger partial charge in [-0.2, -0.15) is 13.2 Å². The molecule has 5 nitrogen and oxygen atoms in total. The minimum atomic E-state index is -4.48. The Balaban J connectivity index is 1.56. The SMILES string of the molecule is O=C(Nc1ccc2c(c1)C(=O)Nc1cc(Cl)ccc1O2)c1ccc(C(F)(F)F)cc1. The molecule has 0 radical (unpaired) electrons. The van der Waals surface area contributed by atoms with Gasteiger partial charge in [-0.1, -0.05) is 11.6 Å². The molecule has 1 aliphatic rings. The number of fused-ring (bicyclic) bond motifs is 2. The summed E-state index contributed by atoms with van der Waals surface area (Å²) in [4.78, 5) is 24.9. The molecule has 2 amide bonds. The molecule has 3 aromatic carbocycles. The molecule has 0 saturated heterocycles. The molecule has 0 aromatic heterocycles. The van der Waals surface area contributed by atoms with Crippen LogP contribution >= 0.6 is 11.6 Å². The predicted octanol–water partition coefficient (Wildman–Crippen LogP) is 5.97. The van der Waals surface area contributed by atoms with E-state index in [1.165, 1.54) is 18.2 Å². The highest BCUT2D eigenvalue weighted by molar-refractivity contribution is 6.31. The Kier molecular flexibility index (Phi) is 4.87. The topological polar surface area (TPSA) is 67.4 Å². The second-order valence-electron chi connectivity index (χ2n) is 6.44. The number of carbonyl (C=O) groups is 2. The number of halogens is 4. The first-order chi connectivity index (χ1) is 14.2. The molecule has 0 bridgehead atoms. The number of amides is 2. The van der Waals surface area contributed by atoms with Gasteiger partial charge in [0.25, 0.3) is 11.8 Å². The van der Waals surface area contributed by atoms with Crippen molar-refractivity contribution in [3.8, 4) is 11.5 Å². The van der Waals surface area contributed by atoms with E-state index >= 15 is 0 Å². The second kappa shape index (κ2) is 7.38. The van der Waals surface area contributed by atoms with Crippen LogP contribution in [0.5, 0.6) is 11.5 Å². The Morgan fingerprint density at radius 3 is 2.37 bits per heavy atom. The van der Waals surface area contributed by atoms with Crippen LogP contribution in [0.25, 0.3) is 0 Å². The zero-order chi connectivity index (χ0) is 21.5. The number of benzene rings is 3. The summed E-state index contributed by atoms with van der Waals surface area (Å²) in [5.74, 6) is -0.389. The predicted molar refractivity (Wildman–Crippen MR) is 105 cm³/mol. The van der Waals surface area contributed by atoms with Crippen LogP contribution in [0.15, 0.2) is 60.7 Å². The molecule has 0 spiro atoms. The van der Waals surface area contributed by atoms with Gasteiger partial charge in [0.15, 0.2) is 5.75 Å². The molecule has 0 saturated carbocycles. The second-order valence-corrected chi connectivity index (χ2v) is 6.87. The lowest BCUT2D eigenvalue weighted by molar-refractivity contribution is -0.137. The van der Waals surface area contributed by atoms with E-state index in [1.807, 2.05) is 0 Å². The van der Waals surface area contributed by atoms with Crippen molar-refractivity contribution in [2.75, 3.05) is 10.6 Å². The fraction of sp³-hybridized carbons (Fsp3) is 0.0476. The minimum Gasteiger partial charge on any atom is -0.454 e. The number of hydrogen-bond acceptors (Lipinski definition) is 3. The van der Waals surface area contributed by atoms with Crippen LogP contribution in [0.2, 0.25) is 5.02 Å². The molecule has 9 heteroatoms. The lowest BCUT2D eigenvalue weighted by Crippen LogP contribution is -2.14. The summed E-state index contributed by atoms with van der Waals surface area (Å²) in [6.07, 6.45) is -4.48. The van der Waals surface area contributed by atoms with Crippen LogP contribution < -0.4 is 15.4 Å². The van der Waals surface area contributed by atoms with E-state index in [1.54, 1.807) is 18.2 Å². The molecule has 1 heterocycles. The monoisotopic (exact) mass is 432 g/mol. The maximum Gasteiger partial charge on any atom is 0.416 e. The molecule has 3 aromatic rings. The van der Waals surface area contributed by atoms with Gasteiger partial charge in [0, 0.05) is 16.3 Å². The van der Waals surface area contributed by atoms with Crippen molar-refractivity contribution < 1.29 is 27.5 Å². The van der Waals surface area contributed by atoms with Crippen LogP contribution in [0.4, 0.5) is 24.5 Å². The van der Waals surface area contributed by atoms with E-state index in [2.05, 4.69) is 10.6 Å². The molecule has 4 rings (SSSR count). The zero-order valence-electron chi connectivity index (χ0n) is 15.0. The van der Waals surface area contributed by atoms with E-state index in [0.29, 0.717) is 16.5 Å². The van der Waals surface area contributed by atoms with Gasteiger partial charge >= 0.3 is 6.18 Å². The van der Waals surface area contributed by atoms with Crippen molar-refractivity contribution >= 4 is 34.8 Å². The number of hydrogen-bond donors (Lipinski definition) is 2. The van der Waals surface area contributed by atoms with Crippen molar-refractivity contribution in [3.63, 3.8) is 0 Å². The fourth-order valence-corrected chi connectivity index (χ4v) is 3.06. The lowest BCUT2D eigenvalue weighted by atomic mass is 10.1. The highest BCUT2D eigenvalue weighted by Crippen LogP contribution is 2.38. The summed E-state index contributed by atoms with van der Waals surface area (Å²) >= 11 is 5.95. The number of carbonyl (C=O) groups excluding carboxylic acids is 2. The number of anilines is 2. The average molecular weight is 433 g/mol. The van der Waals surface area contributed by atoms with Crippen molar-refractivity contribution in [3.05, 3.63) is 82.4 Å². The highest BCUT2D eigenvalue weighted by Gasteiger charge is 2.30. The van der Waals surface area contributed by atoms with Gasteiger partial charge < -0.3 is 15.4 Å². The molecule has 0 unspecified atom stereocenters. The van der Waals surface area contributed by atoms with E-state index < -0.39 is 23.6 Å². The lowest BCUT2D eigenvalue weighted by Gasteiger charge is -2.11. The summed E-state index contributed by atoms with van der Waals surface area (Å²) < 4.78 is 43.7. The van der Waals surface area contributed by atoms with Crippen molar-refractivity contribution in [1.29, 1.82) is 0 Å². The van der Waals surface area contributed by atoms with Crippen molar-refractivity contribution in [2.24, 2.45) is 0 Å². The van der Waals surface area contributed by atoms with Crippen LogP contribution in [0.1, 0.15) is 26.3 Å². The Morgan fingerprint density at radius 2 is 1.67 bits per heavy atom. The van der Waals surface area contributed by atoms with Crippen LogP contribution in [0, 0.1) is 0 Å². The van der Waals surface area contributed by atoms with Gasteiger partial charge in [-0.3, -0.25) is 9.59 Å². The summed E-state index contributed by atoms with van der Waals surface area (Å²) in [7, 11) is 0. The molecular weight excluding hydrogens is 421 g/mol. The number of ether oxygens (including phenoxy) is 1. The minimum absolute atomic E-state index is 0.0423. The molecule has 0 atom stereocenters. The average Bonchev–Trinajstić information content (AvgIpc) is 2.83. The molecule has 30 heavy (non-hydrogen) atoms. The van der Waals surface area contributed by atoms with Crippen LogP contribution in [-0.4, -0.2) is 11.8 Å². The van der Waals surface area contributed by atoms with Gasteiger partial charge in [0.1, 0.15) is 5.75 Å². The quantitative estimate of drug-likeness (QED) is 0.524. The van der Waals surface area contributed by atoms with E-state index in [4.69, 9.17) is 16.3 Å². The Morgan fingerprint density at radius 1 is 0.967 bits per heavy atom. The largest absolute Gasteiger partial charge is 0.454 e. The number of alkyl halides is 3. The summed E-state index contributed by atoms with van der Waals surface area (Å²) in [6, 6.07) is 13.1. The summed E-state index contributed by atoms with van der Waals surface area (Å²) in [5, 5.41) is 5.67. The molecule has 1 aliphatic heterocycles. The Hall–Kier alpha value is -3.52. The third kappa shape index (κ3) is 3.95. The Labute approximate surface area is 173 Å². The standard InChI is InChI=1S/C21H12ClF3N2O3/c22-13-5-7-18-16(9-13)27-20(29)15-10-14(6-8-17(15)30-18)26-19(28)11-1-3-12(4-2-11)21(23,24)25/h1-10H,(H,26,28)(H,27,29). The maximum absolute atomic E-state index is 12.7. The summed E-state index contributed by atoms with van der Waals surface area (Å²) in [5.41, 5.74) is 0.0474.